The second kappa shape index (κ2) is 6.23. The Hall–Kier alpha value is -2.27. The summed E-state index contributed by atoms with van der Waals surface area (Å²) in [5.41, 5.74) is 2.55. The zero-order chi connectivity index (χ0) is 15.5. The molecule has 2 aromatic carbocycles. The van der Waals surface area contributed by atoms with Gasteiger partial charge in [0.25, 0.3) is 0 Å². The van der Waals surface area contributed by atoms with Gasteiger partial charge in [-0.1, -0.05) is 29.4 Å². The summed E-state index contributed by atoms with van der Waals surface area (Å²) in [6.07, 6.45) is 0. The van der Waals surface area contributed by atoms with Crippen LogP contribution in [-0.4, -0.2) is 19.4 Å². The first-order valence-corrected chi connectivity index (χ1v) is 7.46. The van der Waals surface area contributed by atoms with Gasteiger partial charge in [0.15, 0.2) is 5.76 Å². The number of halogens is 1. The number of rotatable bonds is 4. The van der Waals surface area contributed by atoms with Crippen molar-refractivity contribution in [3.05, 3.63) is 53.0 Å². The molecule has 3 aromatic rings. The summed E-state index contributed by atoms with van der Waals surface area (Å²) >= 11 is 3.58. The van der Waals surface area contributed by atoms with E-state index in [9.17, 15) is 0 Å². The van der Waals surface area contributed by atoms with Crippen LogP contribution >= 0.6 is 15.9 Å². The van der Waals surface area contributed by atoms with Crippen molar-refractivity contribution in [2.24, 2.45) is 0 Å². The van der Waals surface area contributed by atoms with Gasteiger partial charge in [-0.2, -0.15) is 0 Å². The van der Waals surface area contributed by atoms with Crippen molar-refractivity contribution in [2.75, 3.05) is 14.2 Å². The van der Waals surface area contributed by atoms with Crippen LogP contribution < -0.4 is 9.47 Å². The predicted octanol–water partition coefficient (Wildman–Crippen LogP) is 4.79. The average molecular weight is 360 g/mol. The van der Waals surface area contributed by atoms with Crippen molar-refractivity contribution >= 4 is 15.9 Å². The highest BCUT2D eigenvalue weighted by atomic mass is 79.9. The minimum absolute atomic E-state index is 0.664. The summed E-state index contributed by atoms with van der Waals surface area (Å²) in [5, 5.41) is 4.18. The zero-order valence-electron chi connectivity index (χ0n) is 12.2. The van der Waals surface area contributed by atoms with E-state index >= 15 is 0 Å². The molecule has 22 heavy (non-hydrogen) atoms. The molecule has 0 fully saturated rings. The van der Waals surface area contributed by atoms with Gasteiger partial charge in [0.05, 0.1) is 18.7 Å². The highest BCUT2D eigenvalue weighted by Gasteiger charge is 2.17. The molecular formula is C17H14BrNO3. The Morgan fingerprint density at radius 1 is 0.909 bits per heavy atom. The van der Waals surface area contributed by atoms with Gasteiger partial charge in [0.1, 0.15) is 17.2 Å². The highest BCUT2D eigenvalue weighted by Crippen LogP contribution is 2.38. The number of ether oxygens (including phenoxy) is 2. The predicted molar refractivity (Wildman–Crippen MR) is 88.2 cm³/mol. The molecule has 0 aliphatic heterocycles. The lowest BCUT2D eigenvalue weighted by Gasteiger charge is -2.03. The molecule has 0 aliphatic rings. The normalized spacial score (nSPS) is 10.5. The Balaban J connectivity index is 2.04. The smallest absolute Gasteiger partial charge is 0.181 e. The second-order valence-corrected chi connectivity index (χ2v) is 5.43. The van der Waals surface area contributed by atoms with Crippen LogP contribution in [0.3, 0.4) is 0 Å². The van der Waals surface area contributed by atoms with Crippen LogP contribution in [-0.2, 0) is 0 Å². The number of benzene rings is 2. The summed E-state index contributed by atoms with van der Waals surface area (Å²) in [6.45, 7) is 0. The number of methoxy groups -OCH3 is 2. The summed E-state index contributed by atoms with van der Waals surface area (Å²) in [6, 6.07) is 15.3. The monoisotopic (exact) mass is 359 g/mol. The van der Waals surface area contributed by atoms with E-state index in [1.54, 1.807) is 14.2 Å². The fraction of sp³-hybridized carbons (Fsp3) is 0.118. The molecule has 1 heterocycles. The lowest BCUT2D eigenvalue weighted by Crippen LogP contribution is -1.85. The van der Waals surface area contributed by atoms with E-state index in [4.69, 9.17) is 14.0 Å². The fourth-order valence-electron chi connectivity index (χ4n) is 2.17. The van der Waals surface area contributed by atoms with Crippen LogP contribution in [0.2, 0.25) is 0 Å². The summed E-state index contributed by atoms with van der Waals surface area (Å²) in [4.78, 5) is 0. The third-order valence-corrected chi connectivity index (χ3v) is 4.05. The van der Waals surface area contributed by atoms with Gasteiger partial charge >= 0.3 is 0 Å². The van der Waals surface area contributed by atoms with Crippen LogP contribution in [0.15, 0.2) is 57.5 Å². The van der Waals surface area contributed by atoms with Gasteiger partial charge in [0, 0.05) is 11.1 Å². The fourth-order valence-corrected chi connectivity index (χ4v) is 2.78. The van der Waals surface area contributed by atoms with Gasteiger partial charge in [-0.15, -0.1) is 0 Å². The molecular weight excluding hydrogens is 346 g/mol. The van der Waals surface area contributed by atoms with E-state index in [-0.39, 0.29) is 0 Å². The minimum atomic E-state index is 0.664. The van der Waals surface area contributed by atoms with Gasteiger partial charge in [-0.25, -0.2) is 0 Å². The molecule has 0 spiro atoms. The molecule has 0 N–H and O–H groups in total. The van der Waals surface area contributed by atoms with E-state index in [0.717, 1.165) is 32.8 Å². The van der Waals surface area contributed by atoms with Crippen LogP contribution in [0, 0.1) is 0 Å². The Kier molecular flexibility index (Phi) is 4.15. The molecule has 1 aromatic heterocycles. The molecule has 3 rings (SSSR count). The minimum Gasteiger partial charge on any atom is -0.497 e. The van der Waals surface area contributed by atoms with Crippen LogP contribution in [0.1, 0.15) is 0 Å². The maximum absolute atomic E-state index is 5.52. The second-order valence-electron chi connectivity index (χ2n) is 4.64. The summed E-state index contributed by atoms with van der Waals surface area (Å²) in [7, 11) is 3.27. The maximum Gasteiger partial charge on any atom is 0.181 e. The number of hydrogen-bond donors (Lipinski definition) is 0. The van der Waals surface area contributed by atoms with Crippen LogP contribution in [0.5, 0.6) is 11.5 Å². The molecule has 5 heteroatoms. The molecule has 4 nitrogen and oxygen atoms in total. The maximum atomic E-state index is 5.52. The van der Waals surface area contributed by atoms with Crippen LogP contribution in [0.4, 0.5) is 0 Å². The molecule has 0 amide bonds. The van der Waals surface area contributed by atoms with Crippen molar-refractivity contribution in [1.82, 2.24) is 5.16 Å². The van der Waals surface area contributed by atoms with E-state index < -0.39 is 0 Å². The van der Waals surface area contributed by atoms with Gasteiger partial charge in [-0.05, 0) is 40.2 Å². The number of hydrogen-bond acceptors (Lipinski definition) is 4. The number of nitrogens with zero attached hydrogens (tertiary/aromatic N) is 1. The first-order valence-electron chi connectivity index (χ1n) is 6.67. The lowest BCUT2D eigenvalue weighted by molar-refractivity contribution is 0.413. The molecule has 0 aliphatic carbocycles. The molecule has 0 radical (unpaired) electrons. The molecule has 0 bridgehead atoms. The quantitative estimate of drug-likeness (QED) is 0.671. The van der Waals surface area contributed by atoms with Crippen LogP contribution in [0.25, 0.3) is 22.6 Å². The van der Waals surface area contributed by atoms with Crippen molar-refractivity contribution in [2.45, 2.75) is 0 Å². The standard InChI is InChI=1S/C17H14BrNO3/c1-20-13-7-3-5-11(9-13)16-15(18)17(22-19-16)12-6-4-8-14(10-12)21-2/h3-10H,1-2H3. The van der Waals surface area contributed by atoms with Gasteiger partial charge in [0.2, 0.25) is 0 Å². The number of aromatic nitrogens is 1. The van der Waals surface area contributed by atoms with E-state index in [2.05, 4.69) is 21.1 Å². The summed E-state index contributed by atoms with van der Waals surface area (Å²) < 4.78 is 16.8. The topological polar surface area (TPSA) is 44.5 Å². The Morgan fingerprint density at radius 2 is 1.50 bits per heavy atom. The third-order valence-electron chi connectivity index (χ3n) is 3.31. The van der Waals surface area contributed by atoms with E-state index in [0.29, 0.717) is 5.76 Å². The third kappa shape index (κ3) is 2.72. The zero-order valence-corrected chi connectivity index (χ0v) is 13.8. The molecule has 112 valence electrons. The average Bonchev–Trinajstić information content (AvgIpc) is 2.96. The Morgan fingerprint density at radius 3 is 2.14 bits per heavy atom. The lowest BCUT2D eigenvalue weighted by atomic mass is 10.1. The molecule has 0 unspecified atom stereocenters. The van der Waals surface area contributed by atoms with E-state index in [1.807, 2.05) is 48.5 Å². The van der Waals surface area contributed by atoms with Gasteiger partial charge < -0.3 is 14.0 Å². The first kappa shape index (κ1) is 14.7. The summed E-state index contributed by atoms with van der Waals surface area (Å²) in [5.74, 6) is 2.20. The van der Waals surface area contributed by atoms with Crippen molar-refractivity contribution in [1.29, 1.82) is 0 Å². The van der Waals surface area contributed by atoms with Crippen molar-refractivity contribution in [3.8, 4) is 34.1 Å². The van der Waals surface area contributed by atoms with E-state index in [1.165, 1.54) is 0 Å². The largest absolute Gasteiger partial charge is 0.497 e. The molecule has 0 atom stereocenters. The van der Waals surface area contributed by atoms with Crippen molar-refractivity contribution < 1.29 is 14.0 Å². The van der Waals surface area contributed by atoms with Gasteiger partial charge in [-0.3, -0.25) is 0 Å². The Labute approximate surface area is 136 Å². The first-order chi connectivity index (χ1) is 10.7. The SMILES string of the molecule is COc1cccc(-c2noc(-c3cccc(OC)c3)c2Br)c1. The Bertz CT molecular complexity index is 733. The van der Waals surface area contributed by atoms with Crippen molar-refractivity contribution in [3.63, 3.8) is 0 Å². The molecule has 0 saturated carbocycles. The molecule has 0 saturated heterocycles. The highest BCUT2D eigenvalue weighted by molar-refractivity contribution is 9.10.